The summed E-state index contributed by atoms with van der Waals surface area (Å²) >= 11 is 0. The second-order valence-corrected chi connectivity index (χ2v) is 6.10. The van der Waals surface area contributed by atoms with Crippen molar-refractivity contribution in [2.45, 2.75) is 25.0 Å². The van der Waals surface area contributed by atoms with Crippen molar-refractivity contribution in [1.82, 2.24) is 4.98 Å². The molecule has 1 unspecified atom stereocenters. The third-order valence-electron chi connectivity index (χ3n) is 3.06. The van der Waals surface area contributed by atoms with E-state index in [-0.39, 0.29) is 18.9 Å². The number of hydrogen-bond donors (Lipinski definition) is 1. The number of aryl methyl sites for hydroxylation is 1. The Labute approximate surface area is 106 Å². The molecule has 1 saturated heterocycles. The predicted molar refractivity (Wildman–Crippen MR) is 67.5 cm³/mol. The van der Waals surface area contributed by atoms with Gasteiger partial charge in [0, 0.05) is 19.2 Å². The van der Waals surface area contributed by atoms with Crippen LogP contribution in [-0.2, 0) is 21.2 Å². The first kappa shape index (κ1) is 13.0. The molecule has 1 fully saturated rings. The number of carbonyl (C=O) groups excluding carboxylic acids is 1. The van der Waals surface area contributed by atoms with Crippen LogP contribution in [0.1, 0.15) is 18.9 Å². The number of pyridine rings is 1. The first-order valence-electron chi connectivity index (χ1n) is 5.69. The van der Waals surface area contributed by atoms with E-state index in [2.05, 4.69) is 4.98 Å². The summed E-state index contributed by atoms with van der Waals surface area (Å²) in [4.78, 5) is 17.4. The summed E-state index contributed by atoms with van der Waals surface area (Å²) in [6, 6.07) is 3.67. The van der Waals surface area contributed by atoms with Crippen LogP contribution in [0, 0.1) is 0 Å². The molecule has 1 amide bonds. The number of amides is 1. The maximum Gasteiger partial charge on any atom is 0.229 e. The maximum atomic E-state index is 11.9. The highest BCUT2D eigenvalue weighted by molar-refractivity contribution is 7.89. The highest BCUT2D eigenvalue weighted by Gasteiger charge is 2.38. The van der Waals surface area contributed by atoms with Gasteiger partial charge in [-0.1, -0.05) is 13.0 Å². The molecule has 6 nitrogen and oxygen atoms in total. The van der Waals surface area contributed by atoms with Crippen LogP contribution in [0.3, 0.4) is 0 Å². The van der Waals surface area contributed by atoms with Crippen LogP contribution in [0.2, 0.25) is 0 Å². The number of nitrogens with zero attached hydrogens (tertiary/aromatic N) is 2. The van der Waals surface area contributed by atoms with Gasteiger partial charge >= 0.3 is 0 Å². The fourth-order valence-corrected chi connectivity index (χ4v) is 2.78. The van der Waals surface area contributed by atoms with Crippen molar-refractivity contribution in [3.8, 4) is 0 Å². The van der Waals surface area contributed by atoms with Crippen LogP contribution in [0.15, 0.2) is 18.3 Å². The van der Waals surface area contributed by atoms with Crippen molar-refractivity contribution in [2.75, 3.05) is 11.4 Å². The van der Waals surface area contributed by atoms with Gasteiger partial charge in [-0.25, -0.2) is 18.5 Å². The largest absolute Gasteiger partial charge is 0.295 e. The Balaban J connectivity index is 2.33. The van der Waals surface area contributed by atoms with Gasteiger partial charge in [-0.2, -0.15) is 0 Å². The quantitative estimate of drug-likeness (QED) is 0.838. The number of primary sulfonamides is 1. The maximum absolute atomic E-state index is 11.9. The lowest BCUT2D eigenvalue weighted by atomic mass is 10.2. The molecule has 2 N–H and O–H groups in total. The first-order chi connectivity index (χ1) is 8.43. The van der Waals surface area contributed by atoms with Crippen molar-refractivity contribution in [2.24, 2.45) is 5.14 Å². The average molecular weight is 269 g/mol. The SMILES string of the molecule is CCc1cccnc1N1CC(S(N)(=O)=O)CC1=O. The molecule has 2 heterocycles. The van der Waals surface area contributed by atoms with Gasteiger partial charge in [0.25, 0.3) is 0 Å². The number of anilines is 1. The Morgan fingerprint density at radius 3 is 2.83 bits per heavy atom. The fourth-order valence-electron chi connectivity index (χ4n) is 2.05. The normalized spacial score (nSPS) is 20.4. The van der Waals surface area contributed by atoms with Gasteiger partial charge in [0.1, 0.15) is 11.1 Å². The summed E-state index contributed by atoms with van der Waals surface area (Å²) in [6.07, 6.45) is 2.25. The summed E-state index contributed by atoms with van der Waals surface area (Å²) in [5.74, 6) is 0.290. The third kappa shape index (κ3) is 2.37. The van der Waals surface area contributed by atoms with E-state index >= 15 is 0 Å². The van der Waals surface area contributed by atoms with E-state index in [4.69, 9.17) is 5.14 Å². The summed E-state index contributed by atoms with van der Waals surface area (Å²) in [7, 11) is -3.69. The van der Waals surface area contributed by atoms with Gasteiger partial charge < -0.3 is 0 Å². The van der Waals surface area contributed by atoms with Crippen LogP contribution in [0.4, 0.5) is 5.82 Å². The molecule has 0 aliphatic carbocycles. The molecule has 1 atom stereocenters. The third-order valence-corrected chi connectivity index (χ3v) is 4.30. The minimum Gasteiger partial charge on any atom is -0.295 e. The molecule has 2 rings (SSSR count). The Bertz CT molecular complexity index is 571. The van der Waals surface area contributed by atoms with E-state index < -0.39 is 15.3 Å². The van der Waals surface area contributed by atoms with Crippen LogP contribution in [0.25, 0.3) is 0 Å². The molecule has 18 heavy (non-hydrogen) atoms. The summed E-state index contributed by atoms with van der Waals surface area (Å²) in [6.45, 7) is 2.04. The lowest BCUT2D eigenvalue weighted by molar-refractivity contribution is -0.117. The van der Waals surface area contributed by atoms with Gasteiger partial charge in [0.15, 0.2) is 0 Å². The number of carbonyl (C=O) groups is 1. The number of hydrogen-bond acceptors (Lipinski definition) is 4. The molecular weight excluding hydrogens is 254 g/mol. The molecule has 0 aromatic carbocycles. The average Bonchev–Trinajstić information content (AvgIpc) is 2.71. The Hall–Kier alpha value is -1.47. The predicted octanol–water partition coefficient (Wildman–Crippen LogP) is 0.0378. The van der Waals surface area contributed by atoms with Crippen LogP contribution >= 0.6 is 0 Å². The lowest BCUT2D eigenvalue weighted by Crippen LogP contribution is -2.32. The van der Waals surface area contributed by atoms with E-state index in [0.29, 0.717) is 5.82 Å². The van der Waals surface area contributed by atoms with E-state index in [9.17, 15) is 13.2 Å². The molecular formula is C11H15N3O3S. The fraction of sp³-hybridized carbons (Fsp3) is 0.455. The molecule has 0 saturated carbocycles. The highest BCUT2D eigenvalue weighted by Crippen LogP contribution is 2.25. The summed E-state index contributed by atoms with van der Waals surface area (Å²) in [5.41, 5.74) is 0.918. The van der Waals surface area contributed by atoms with Crippen molar-refractivity contribution in [3.05, 3.63) is 23.9 Å². The Morgan fingerprint density at radius 2 is 2.28 bits per heavy atom. The number of rotatable bonds is 3. The molecule has 0 radical (unpaired) electrons. The molecule has 7 heteroatoms. The number of nitrogens with two attached hydrogens (primary N) is 1. The standard InChI is InChI=1S/C11H15N3O3S/c1-2-8-4-3-5-13-11(8)14-7-9(6-10(14)15)18(12,16)17/h3-5,9H,2,6-7H2,1H3,(H2,12,16,17). The molecule has 1 aliphatic heterocycles. The van der Waals surface area contributed by atoms with E-state index in [0.717, 1.165) is 12.0 Å². The zero-order chi connectivity index (χ0) is 13.3. The van der Waals surface area contributed by atoms with E-state index in [1.54, 1.807) is 12.3 Å². The van der Waals surface area contributed by atoms with Crippen LogP contribution in [0.5, 0.6) is 0 Å². The zero-order valence-corrected chi connectivity index (χ0v) is 10.9. The molecule has 1 aromatic rings. The Morgan fingerprint density at radius 1 is 1.56 bits per heavy atom. The minimum atomic E-state index is -3.69. The first-order valence-corrected chi connectivity index (χ1v) is 7.30. The lowest BCUT2D eigenvalue weighted by Gasteiger charge is -2.18. The van der Waals surface area contributed by atoms with E-state index in [1.807, 2.05) is 13.0 Å². The van der Waals surface area contributed by atoms with Gasteiger partial charge in [-0.05, 0) is 18.1 Å². The second-order valence-electron chi connectivity index (χ2n) is 4.26. The molecule has 0 spiro atoms. The molecule has 98 valence electrons. The van der Waals surface area contributed by atoms with Crippen LogP contribution < -0.4 is 10.0 Å². The molecule has 1 aliphatic rings. The molecule has 1 aromatic heterocycles. The second kappa shape index (κ2) is 4.66. The van der Waals surface area contributed by atoms with E-state index in [1.165, 1.54) is 4.90 Å². The van der Waals surface area contributed by atoms with Gasteiger partial charge in [-0.3, -0.25) is 9.69 Å². The monoisotopic (exact) mass is 269 g/mol. The Kier molecular flexibility index (Phi) is 3.36. The van der Waals surface area contributed by atoms with Crippen molar-refractivity contribution in [3.63, 3.8) is 0 Å². The van der Waals surface area contributed by atoms with Crippen molar-refractivity contribution < 1.29 is 13.2 Å². The summed E-state index contributed by atoms with van der Waals surface area (Å²) in [5, 5.41) is 4.25. The van der Waals surface area contributed by atoms with Crippen molar-refractivity contribution in [1.29, 1.82) is 0 Å². The van der Waals surface area contributed by atoms with Gasteiger partial charge in [-0.15, -0.1) is 0 Å². The van der Waals surface area contributed by atoms with Gasteiger partial charge in [0.05, 0.1) is 0 Å². The smallest absolute Gasteiger partial charge is 0.229 e. The zero-order valence-electron chi connectivity index (χ0n) is 10.0. The minimum absolute atomic E-state index is 0.0709. The number of sulfonamides is 1. The van der Waals surface area contributed by atoms with Gasteiger partial charge in [0.2, 0.25) is 15.9 Å². The summed E-state index contributed by atoms with van der Waals surface area (Å²) < 4.78 is 22.6. The molecule has 0 bridgehead atoms. The van der Waals surface area contributed by atoms with Crippen molar-refractivity contribution >= 4 is 21.7 Å². The van der Waals surface area contributed by atoms with Crippen LogP contribution in [-0.4, -0.2) is 31.1 Å². The number of aromatic nitrogens is 1. The highest BCUT2D eigenvalue weighted by atomic mass is 32.2. The topological polar surface area (TPSA) is 93.4 Å².